The fourth-order valence-corrected chi connectivity index (χ4v) is 2.96. The topological polar surface area (TPSA) is 89.8 Å². The molecule has 0 saturated carbocycles. The number of ether oxygens (including phenoxy) is 1. The first-order valence-electron chi connectivity index (χ1n) is 7.35. The molecule has 3 rings (SSSR count). The molecule has 0 bridgehead atoms. The number of hydrogen-bond acceptors (Lipinski definition) is 6. The highest BCUT2D eigenvalue weighted by atomic mass is 35.5. The molecule has 1 heterocycles. The predicted octanol–water partition coefficient (Wildman–Crippen LogP) is 3.39. The van der Waals surface area contributed by atoms with Gasteiger partial charge in [-0.15, -0.1) is 10.2 Å². The summed E-state index contributed by atoms with van der Waals surface area (Å²) >= 11 is 7.31. The highest BCUT2D eigenvalue weighted by Gasteiger charge is 2.11. The second kappa shape index (κ2) is 7.92. The highest BCUT2D eigenvalue weighted by Crippen LogP contribution is 2.21. The molecule has 25 heavy (non-hydrogen) atoms. The van der Waals surface area contributed by atoms with E-state index >= 15 is 0 Å². The van der Waals surface area contributed by atoms with Crippen molar-refractivity contribution in [3.63, 3.8) is 0 Å². The van der Waals surface area contributed by atoms with Crippen LogP contribution in [-0.2, 0) is 12.4 Å². The van der Waals surface area contributed by atoms with Crippen molar-refractivity contribution < 1.29 is 4.74 Å². The van der Waals surface area contributed by atoms with Gasteiger partial charge >= 0.3 is 0 Å². The summed E-state index contributed by atoms with van der Waals surface area (Å²) in [6.07, 6.45) is 0. The third-order valence-electron chi connectivity index (χ3n) is 3.37. The summed E-state index contributed by atoms with van der Waals surface area (Å²) in [7, 11) is 0. The van der Waals surface area contributed by atoms with E-state index in [1.807, 2.05) is 12.1 Å². The van der Waals surface area contributed by atoms with Crippen molar-refractivity contribution in [1.29, 1.82) is 5.26 Å². The Bertz CT molecular complexity index is 887. The summed E-state index contributed by atoms with van der Waals surface area (Å²) in [6, 6.07) is 16.6. The monoisotopic (exact) mass is 371 g/mol. The van der Waals surface area contributed by atoms with Crippen LogP contribution < -0.4 is 10.6 Å². The largest absolute Gasteiger partial charge is 0.486 e. The maximum atomic E-state index is 8.81. The lowest BCUT2D eigenvalue weighted by Gasteiger charge is -2.06. The van der Waals surface area contributed by atoms with Crippen molar-refractivity contribution in [3.05, 3.63) is 70.5 Å². The SMILES string of the molecule is N#Cc1ccc(CSc2nnc(COc3ccc(Cl)cc3)n2N)cc1. The van der Waals surface area contributed by atoms with Crippen molar-refractivity contribution in [1.82, 2.24) is 14.9 Å². The van der Waals surface area contributed by atoms with Crippen LogP contribution in [0, 0.1) is 11.3 Å². The summed E-state index contributed by atoms with van der Waals surface area (Å²) in [6.45, 7) is 0.211. The molecule has 0 aliphatic carbocycles. The van der Waals surface area contributed by atoms with Gasteiger partial charge < -0.3 is 10.6 Å². The molecule has 0 aliphatic rings. The van der Waals surface area contributed by atoms with Crippen LogP contribution in [0.1, 0.15) is 17.0 Å². The zero-order chi connectivity index (χ0) is 17.6. The Labute approximate surface area is 154 Å². The van der Waals surface area contributed by atoms with Gasteiger partial charge in [-0.25, -0.2) is 4.68 Å². The molecule has 0 amide bonds. The third-order valence-corrected chi connectivity index (χ3v) is 4.63. The van der Waals surface area contributed by atoms with Crippen molar-refractivity contribution in [2.24, 2.45) is 0 Å². The van der Waals surface area contributed by atoms with Crippen LogP contribution in [0.4, 0.5) is 0 Å². The standard InChI is InChI=1S/C17H14ClN5OS/c18-14-5-7-15(8-6-14)24-10-16-21-22-17(23(16)20)25-11-13-3-1-12(9-19)2-4-13/h1-8H,10-11,20H2. The number of benzene rings is 2. The maximum Gasteiger partial charge on any atom is 0.210 e. The van der Waals surface area contributed by atoms with Crippen LogP contribution in [0.25, 0.3) is 0 Å². The number of hydrogen-bond donors (Lipinski definition) is 1. The van der Waals surface area contributed by atoms with E-state index in [0.29, 0.717) is 33.1 Å². The third kappa shape index (κ3) is 4.44. The van der Waals surface area contributed by atoms with Gasteiger partial charge in [0.05, 0.1) is 11.6 Å². The highest BCUT2D eigenvalue weighted by molar-refractivity contribution is 7.98. The maximum absolute atomic E-state index is 8.81. The predicted molar refractivity (Wildman–Crippen MR) is 96.7 cm³/mol. The van der Waals surface area contributed by atoms with Gasteiger partial charge in [-0.05, 0) is 42.0 Å². The molecule has 126 valence electrons. The molecule has 6 nitrogen and oxygen atoms in total. The molecular formula is C17H14ClN5OS. The minimum atomic E-state index is 0.211. The number of nitrogen functional groups attached to an aromatic ring is 1. The van der Waals surface area contributed by atoms with Gasteiger partial charge in [-0.2, -0.15) is 5.26 Å². The molecule has 0 fully saturated rings. The zero-order valence-electron chi connectivity index (χ0n) is 13.1. The molecule has 3 aromatic rings. The minimum Gasteiger partial charge on any atom is -0.486 e. The lowest BCUT2D eigenvalue weighted by atomic mass is 10.2. The van der Waals surface area contributed by atoms with Crippen molar-refractivity contribution in [2.45, 2.75) is 17.5 Å². The molecule has 0 spiro atoms. The van der Waals surface area contributed by atoms with Gasteiger partial charge in [0.1, 0.15) is 12.4 Å². The number of rotatable bonds is 6. The van der Waals surface area contributed by atoms with E-state index in [0.717, 1.165) is 5.56 Å². The number of nitrogens with two attached hydrogens (primary N) is 1. The fraction of sp³-hybridized carbons (Fsp3) is 0.118. The Morgan fingerprint density at radius 1 is 1.12 bits per heavy atom. The smallest absolute Gasteiger partial charge is 0.210 e. The summed E-state index contributed by atoms with van der Waals surface area (Å²) in [5.41, 5.74) is 1.71. The van der Waals surface area contributed by atoms with E-state index in [9.17, 15) is 0 Å². The van der Waals surface area contributed by atoms with Gasteiger partial charge in [0.25, 0.3) is 0 Å². The first-order chi connectivity index (χ1) is 12.2. The summed E-state index contributed by atoms with van der Waals surface area (Å²) in [5.74, 6) is 7.91. The number of nitriles is 1. The quantitative estimate of drug-likeness (QED) is 0.527. The average Bonchev–Trinajstić information content (AvgIpc) is 3.00. The number of halogens is 1. The van der Waals surface area contributed by atoms with Crippen LogP contribution in [0.5, 0.6) is 5.75 Å². The molecule has 0 radical (unpaired) electrons. The molecule has 0 aliphatic heterocycles. The molecule has 2 N–H and O–H groups in total. The molecule has 8 heteroatoms. The minimum absolute atomic E-state index is 0.211. The number of nitrogens with zero attached hydrogens (tertiary/aromatic N) is 4. The van der Waals surface area contributed by atoms with E-state index < -0.39 is 0 Å². The lowest BCUT2D eigenvalue weighted by Crippen LogP contribution is -2.15. The number of aromatic nitrogens is 3. The van der Waals surface area contributed by atoms with Gasteiger partial charge in [0.15, 0.2) is 5.82 Å². The Morgan fingerprint density at radius 2 is 1.84 bits per heavy atom. The van der Waals surface area contributed by atoms with Crippen molar-refractivity contribution in [3.8, 4) is 11.8 Å². The van der Waals surface area contributed by atoms with Gasteiger partial charge in [-0.3, -0.25) is 0 Å². The van der Waals surface area contributed by atoms with Crippen LogP contribution in [0.15, 0.2) is 53.7 Å². The lowest BCUT2D eigenvalue weighted by molar-refractivity contribution is 0.291. The van der Waals surface area contributed by atoms with Crippen molar-refractivity contribution >= 4 is 23.4 Å². The normalized spacial score (nSPS) is 10.4. The fourth-order valence-electron chi connectivity index (χ4n) is 2.01. The van der Waals surface area contributed by atoms with Gasteiger partial charge in [0, 0.05) is 10.8 Å². The zero-order valence-corrected chi connectivity index (χ0v) is 14.7. The van der Waals surface area contributed by atoms with Crippen molar-refractivity contribution in [2.75, 3.05) is 5.84 Å². The van der Waals surface area contributed by atoms with Crippen LogP contribution >= 0.6 is 23.4 Å². The average molecular weight is 372 g/mol. The summed E-state index contributed by atoms with van der Waals surface area (Å²) in [5, 5.41) is 18.2. The van der Waals surface area contributed by atoms with Gasteiger partial charge in [0.2, 0.25) is 5.16 Å². The summed E-state index contributed by atoms with van der Waals surface area (Å²) in [4.78, 5) is 0. The second-order valence-electron chi connectivity index (χ2n) is 5.11. The summed E-state index contributed by atoms with van der Waals surface area (Å²) < 4.78 is 7.05. The molecule has 0 atom stereocenters. The molecule has 1 aromatic heterocycles. The first kappa shape index (κ1) is 17.1. The Hall–Kier alpha value is -2.69. The van der Waals surface area contributed by atoms with E-state index in [1.54, 1.807) is 36.4 Å². The van der Waals surface area contributed by atoms with Crippen LogP contribution in [0.2, 0.25) is 5.02 Å². The number of thioether (sulfide) groups is 1. The van der Waals surface area contributed by atoms with E-state index in [1.165, 1.54) is 16.4 Å². The molecule has 0 saturated heterocycles. The Balaban J connectivity index is 1.58. The van der Waals surface area contributed by atoms with Crippen LogP contribution in [0.3, 0.4) is 0 Å². The van der Waals surface area contributed by atoms with E-state index in [4.69, 9.17) is 27.4 Å². The van der Waals surface area contributed by atoms with Crippen LogP contribution in [-0.4, -0.2) is 14.9 Å². The molecular weight excluding hydrogens is 358 g/mol. The molecule has 2 aromatic carbocycles. The first-order valence-corrected chi connectivity index (χ1v) is 8.71. The van der Waals surface area contributed by atoms with Gasteiger partial charge in [-0.1, -0.05) is 35.5 Å². The Morgan fingerprint density at radius 3 is 2.52 bits per heavy atom. The van der Waals surface area contributed by atoms with E-state index in [-0.39, 0.29) is 6.61 Å². The van der Waals surface area contributed by atoms with E-state index in [2.05, 4.69) is 16.3 Å². The Kier molecular flexibility index (Phi) is 5.43. The molecule has 0 unspecified atom stereocenters. The second-order valence-corrected chi connectivity index (χ2v) is 6.49.